The van der Waals surface area contributed by atoms with Crippen molar-refractivity contribution in [3.8, 4) is 0 Å². The Labute approximate surface area is 140 Å². The lowest BCUT2D eigenvalue weighted by atomic mass is 9.74. The number of hydrogen-bond donors (Lipinski definition) is 1. The van der Waals surface area contributed by atoms with Crippen molar-refractivity contribution in [2.45, 2.75) is 24.8 Å². The van der Waals surface area contributed by atoms with E-state index in [-0.39, 0.29) is 12.0 Å². The number of nitrogens with one attached hydrogen (secondary N) is 1. The van der Waals surface area contributed by atoms with Gasteiger partial charge in [0.25, 0.3) is 0 Å². The monoisotopic (exact) mass is 326 g/mol. The lowest BCUT2D eigenvalue weighted by Gasteiger charge is -2.37. The average molecular weight is 327 g/mol. The standard InChI is InChI=1S/C18H15ClN2S/c19-13-8-5-12(6-9-13)17-16-14-4-2-1-3-11(14)7-10-15(16)20-18(22)21-17/h1-6,8-9,16-17H,7,10H2,(H,21,22). The van der Waals surface area contributed by atoms with Gasteiger partial charge in [0, 0.05) is 16.7 Å². The van der Waals surface area contributed by atoms with Crippen LogP contribution >= 0.6 is 23.8 Å². The number of nitrogens with zero attached hydrogens (tertiary/aromatic N) is 1. The smallest absolute Gasteiger partial charge is 0.193 e. The van der Waals surface area contributed by atoms with Gasteiger partial charge in [-0.1, -0.05) is 48.0 Å². The van der Waals surface area contributed by atoms with Gasteiger partial charge >= 0.3 is 0 Å². The molecule has 2 aliphatic rings. The summed E-state index contributed by atoms with van der Waals surface area (Å²) < 4.78 is 0. The van der Waals surface area contributed by atoms with Crippen molar-refractivity contribution < 1.29 is 0 Å². The molecule has 0 bridgehead atoms. The number of aliphatic imine (C=N–C) groups is 1. The third-order valence-electron chi connectivity index (χ3n) is 4.49. The molecule has 0 saturated carbocycles. The van der Waals surface area contributed by atoms with Crippen molar-refractivity contribution in [3.05, 3.63) is 70.2 Å². The Balaban J connectivity index is 1.84. The molecule has 0 aromatic heterocycles. The number of thiocarbonyl (C=S) groups is 1. The fourth-order valence-electron chi connectivity index (χ4n) is 3.49. The van der Waals surface area contributed by atoms with Gasteiger partial charge in [-0.25, -0.2) is 4.99 Å². The first-order valence-electron chi connectivity index (χ1n) is 7.43. The normalized spacial score (nSPS) is 23.1. The Morgan fingerprint density at radius 3 is 2.64 bits per heavy atom. The number of halogens is 1. The summed E-state index contributed by atoms with van der Waals surface area (Å²) in [6.07, 6.45) is 2.02. The van der Waals surface area contributed by atoms with Crippen molar-refractivity contribution >= 4 is 34.6 Å². The van der Waals surface area contributed by atoms with E-state index < -0.39 is 0 Å². The van der Waals surface area contributed by atoms with Crippen molar-refractivity contribution in [2.75, 3.05) is 0 Å². The Bertz CT molecular complexity index is 767. The van der Waals surface area contributed by atoms with E-state index in [0.717, 1.165) is 17.9 Å². The van der Waals surface area contributed by atoms with Crippen molar-refractivity contribution in [2.24, 2.45) is 4.99 Å². The molecule has 1 N–H and O–H groups in total. The van der Waals surface area contributed by atoms with Gasteiger partial charge in [0.15, 0.2) is 5.11 Å². The van der Waals surface area contributed by atoms with Crippen LogP contribution in [-0.4, -0.2) is 10.8 Å². The predicted octanol–water partition coefficient (Wildman–Crippen LogP) is 4.44. The maximum absolute atomic E-state index is 6.03. The Hall–Kier alpha value is -1.71. The second-order valence-electron chi connectivity index (χ2n) is 5.76. The topological polar surface area (TPSA) is 24.4 Å². The minimum atomic E-state index is 0.124. The van der Waals surface area contributed by atoms with E-state index >= 15 is 0 Å². The second-order valence-corrected chi connectivity index (χ2v) is 6.58. The third-order valence-corrected chi connectivity index (χ3v) is 4.95. The van der Waals surface area contributed by atoms with Gasteiger partial charge in [0.1, 0.15) is 0 Å². The first-order chi connectivity index (χ1) is 10.7. The van der Waals surface area contributed by atoms with Crippen LogP contribution in [0.3, 0.4) is 0 Å². The average Bonchev–Trinajstić information content (AvgIpc) is 2.54. The van der Waals surface area contributed by atoms with Crippen LogP contribution in [0.15, 0.2) is 53.5 Å². The SMILES string of the molecule is S=C1N=C2CCc3ccccc3C2C(c2ccc(Cl)cc2)N1. The number of benzene rings is 2. The zero-order valence-corrected chi connectivity index (χ0v) is 13.5. The van der Waals surface area contributed by atoms with Crippen LogP contribution in [0.25, 0.3) is 0 Å². The lowest BCUT2D eigenvalue weighted by Crippen LogP contribution is -2.41. The molecule has 1 heterocycles. The quantitative estimate of drug-likeness (QED) is 0.783. The molecule has 4 rings (SSSR count). The highest BCUT2D eigenvalue weighted by Crippen LogP contribution is 2.41. The minimum absolute atomic E-state index is 0.124. The lowest BCUT2D eigenvalue weighted by molar-refractivity contribution is 0.573. The summed E-state index contributed by atoms with van der Waals surface area (Å²) >= 11 is 11.4. The molecule has 2 aromatic carbocycles. The van der Waals surface area contributed by atoms with E-state index in [1.165, 1.54) is 22.4 Å². The summed E-state index contributed by atoms with van der Waals surface area (Å²) in [5, 5.41) is 4.73. The summed E-state index contributed by atoms with van der Waals surface area (Å²) in [7, 11) is 0. The van der Waals surface area contributed by atoms with E-state index in [2.05, 4.69) is 46.7 Å². The van der Waals surface area contributed by atoms with Gasteiger partial charge < -0.3 is 5.32 Å². The third kappa shape index (κ3) is 2.34. The van der Waals surface area contributed by atoms with Gasteiger partial charge in [0.05, 0.1) is 6.04 Å². The molecule has 0 fully saturated rings. The van der Waals surface area contributed by atoms with Crippen molar-refractivity contribution in [3.63, 3.8) is 0 Å². The number of rotatable bonds is 1. The predicted molar refractivity (Wildman–Crippen MR) is 94.9 cm³/mol. The molecule has 2 nitrogen and oxygen atoms in total. The summed E-state index contributed by atoms with van der Waals surface area (Å²) in [5.41, 5.74) is 5.17. The summed E-state index contributed by atoms with van der Waals surface area (Å²) in [4.78, 5) is 4.61. The van der Waals surface area contributed by atoms with E-state index in [1.807, 2.05) is 12.1 Å². The fraction of sp³-hybridized carbons (Fsp3) is 0.222. The van der Waals surface area contributed by atoms with Gasteiger partial charge in [0.2, 0.25) is 0 Å². The van der Waals surface area contributed by atoms with Crippen molar-refractivity contribution in [1.29, 1.82) is 0 Å². The Kier molecular flexibility index (Phi) is 3.47. The van der Waals surface area contributed by atoms with E-state index in [4.69, 9.17) is 23.8 Å². The molecule has 0 spiro atoms. The molecule has 0 amide bonds. The molecule has 4 heteroatoms. The molecule has 0 radical (unpaired) electrons. The Morgan fingerprint density at radius 1 is 1.05 bits per heavy atom. The zero-order chi connectivity index (χ0) is 15.1. The van der Waals surface area contributed by atoms with Gasteiger partial charge in [-0.3, -0.25) is 0 Å². The van der Waals surface area contributed by atoms with Crippen LogP contribution in [0, 0.1) is 0 Å². The molecule has 1 aliphatic carbocycles. The molecule has 2 atom stereocenters. The molecular formula is C18H15ClN2S. The molecule has 2 unspecified atom stereocenters. The van der Waals surface area contributed by atoms with Crippen LogP contribution in [0.5, 0.6) is 0 Å². The first-order valence-corrected chi connectivity index (χ1v) is 8.22. The number of aryl methyl sites for hydroxylation is 1. The van der Waals surface area contributed by atoms with Crippen LogP contribution < -0.4 is 5.32 Å². The highest BCUT2D eigenvalue weighted by Gasteiger charge is 2.36. The van der Waals surface area contributed by atoms with Crippen molar-refractivity contribution in [1.82, 2.24) is 5.32 Å². The molecule has 110 valence electrons. The molecule has 22 heavy (non-hydrogen) atoms. The molecule has 0 saturated heterocycles. The first kappa shape index (κ1) is 13.9. The van der Waals surface area contributed by atoms with Gasteiger partial charge in [-0.2, -0.15) is 0 Å². The van der Waals surface area contributed by atoms with E-state index in [1.54, 1.807) is 0 Å². The maximum atomic E-state index is 6.03. The van der Waals surface area contributed by atoms with E-state index in [9.17, 15) is 0 Å². The van der Waals surface area contributed by atoms with Crippen LogP contribution in [0.4, 0.5) is 0 Å². The summed E-state index contributed by atoms with van der Waals surface area (Å²) in [6, 6.07) is 16.8. The van der Waals surface area contributed by atoms with Gasteiger partial charge in [-0.15, -0.1) is 0 Å². The summed E-state index contributed by atoms with van der Waals surface area (Å²) in [6.45, 7) is 0. The second kappa shape index (κ2) is 5.49. The zero-order valence-electron chi connectivity index (χ0n) is 11.9. The molecule has 2 aromatic rings. The number of fused-ring (bicyclic) bond motifs is 3. The minimum Gasteiger partial charge on any atom is -0.353 e. The largest absolute Gasteiger partial charge is 0.353 e. The summed E-state index contributed by atoms with van der Waals surface area (Å²) in [5.74, 6) is 0.248. The molecule has 1 aliphatic heterocycles. The Morgan fingerprint density at radius 2 is 1.82 bits per heavy atom. The highest BCUT2D eigenvalue weighted by atomic mass is 35.5. The highest BCUT2D eigenvalue weighted by molar-refractivity contribution is 7.80. The van der Waals surface area contributed by atoms with Crippen LogP contribution in [-0.2, 0) is 6.42 Å². The van der Waals surface area contributed by atoms with Crippen LogP contribution in [0.2, 0.25) is 5.02 Å². The maximum Gasteiger partial charge on any atom is 0.193 e. The van der Waals surface area contributed by atoms with E-state index in [0.29, 0.717) is 5.11 Å². The van der Waals surface area contributed by atoms with Crippen LogP contribution in [0.1, 0.15) is 35.1 Å². The van der Waals surface area contributed by atoms with Gasteiger partial charge in [-0.05, 0) is 53.9 Å². The fourth-order valence-corrected chi connectivity index (χ4v) is 3.86. The number of hydrogen-bond acceptors (Lipinski definition) is 1. The molecular weight excluding hydrogens is 312 g/mol.